The Bertz CT molecular complexity index is 2330. The molecule has 0 fully saturated rings. The minimum Gasteiger partial charge on any atom is -0.310 e. The Balaban J connectivity index is 0.968. The fourth-order valence-electron chi connectivity index (χ4n) is 8.82. The highest BCUT2D eigenvalue weighted by atomic mass is 15.0. The molecular formula is C52H52N2. The normalized spacial score (nSPS) is 13.9. The summed E-state index contributed by atoms with van der Waals surface area (Å²) in [7, 11) is 0. The molecule has 2 heteroatoms. The van der Waals surface area contributed by atoms with Crippen molar-refractivity contribution in [2.24, 2.45) is 0 Å². The molecule has 0 amide bonds. The molecule has 0 N–H and O–H groups in total. The Morgan fingerprint density at radius 1 is 0.500 bits per heavy atom. The highest BCUT2D eigenvalue weighted by Crippen LogP contribution is 2.36. The van der Waals surface area contributed by atoms with E-state index < -0.39 is 0 Å². The van der Waals surface area contributed by atoms with Crippen molar-refractivity contribution in [1.29, 1.82) is 0 Å². The Hall–Kier alpha value is -5.60. The average Bonchev–Trinajstić information content (AvgIpc) is 3.56. The van der Waals surface area contributed by atoms with E-state index in [0.29, 0.717) is 0 Å². The Morgan fingerprint density at radius 2 is 0.926 bits per heavy atom. The molecule has 8 rings (SSSR count). The van der Waals surface area contributed by atoms with Crippen LogP contribution < -0.4 is 0 Å². The molecule has 0 spiro atoms. The SMILES string of the molecule is C/C=C\c1c(CC)c(CC)c(/C=C\C)n1-c1ccc(-c2ccc(Cc3ccc(-c4ccc(-n5c6c(c7c5C=CCCC7)CCC=C6)cc4)cc3)cc2)cc1. The second kappa shape index (κ2) is 15.8. The van der Waals surface area contributed by atoms with E-state index in [1.54, 1.807) is 11.1 Å². The van der Waals surface area contributed by atoms with Gasteiger partial charge in [-0.15, -0.1) is 0 Å². The smallest absolute Gasteiger partial charge is 0.0494 e. The van der Waals surface area contributed by atoms with Crippen molar-refractivity contribution in [3.05, 3.63) is 178 Å². The zero-order valence-electron chi connectivity index (χ0n) is 32.4. The molecule has 0 atom stereocenters. The van der Waals surface area contributed by atoms with E-state index >= 15 is 0 Å². The van der Waals surface area contributed by atoms with Crippen molar-refractivity contribution in [2.45, 2.75) is 79.1 Å². The fraction of sp³-hybridized carbons (Fsp3) is 0.231. The quantitative estimate of drug-likeness (QED) is 0.134. The van der Waals surface area contributed by atoms with Gasteiger partial charge in [0, 0.05) is 34.2 Å². The first-order valence-corrected chi connectivity index (χ1v) is 20.1. The van der Waals surface area contributed by atoms with Crippen LogP contribution in [-0.2, 0) is 32.1 Å². The molecule has 6 aromatic rings. The topological polar surface area (TPSA) is 9.86 Å². The van der Waals surface area contributed by atoms with Crippen LogP contribution >= 0.6 is 0 Å². The number of aromatic nitrogens is 2. The van der Waals surface area contributed by atoms with E-state index in [1.807, 2.05) is 0 Å². The lowest BCUT2D eigenvalue weighted by Crippen LogP contribution is -2.01. The summed E-state index contributed by atoms with van der Waals surface area (Å²) in [6.45, 7) is 8.75. The lowest BCUT2D eigenvalue weighted by Gasteiger charge is -2.14. The standard InChI is InChI=1S/C52H52N2/c1-5-14-49-45(7-3)46(8-4)50(15-6-2)53(49)43-32-28-41(29-33-43)39-24-20-37(21-25-39)36-38-22-26-40(27-23-38)42-30-34-44(35-31-42)54-51-18-11-9-10-16-47(51)48-17-12-13-19-52(48)54/h5-6,11,13-15,18-35H,7-10,12,16-17,36H2,1-4H3/b14-5-,15-6-. The van der Waals surface area contributed by atoms with Crippen molar-refractivity contribution in [2.75, 3.05) is 0 Å². The van der Waals surface area contributed by atoms with Gasteiger partial charge in [-0.05, 0) is 169 Å². The number of benzene rings is 4. The number of hydrogen-bond donors (Lipinski definition) is 0. The van der Waals surface area contributed by atoms with E-state index in [-0.39, 0.29) is 0 Å². The predicted molar refractivity (Wildman–Crippen MR) is 233 cm³/mol. The van der Waals surface area contributed by atoms with Gasteiger partial charge in [-0.25, -0.2) is 0 Å². The first-order chi connectivity index (χ1) is 26.6. The minimum atomic E-state index is 0.915. The van der Waals surface area contributed by atoms with Crippen molar-refractivity contribution in [1.82, 2.24) is 9.13 Å². The van der Waals surface area contributed by atoms with Crippen LogP contribution in [0.25, 0.3) is 57.9 Å². The molecule has 0 saturated carbocycles. The monoisotopic (exact) mass is 704 g/mol. The van der Waals surface area contributed by atoms with Gasteiger partial charge in [-0.1, -0.05) is 111 Å². The van der Waals surface area contributed by atoms with Crippen LogP contribution in [0.3, 0.4) is 0 Å². The number of fused-ring (bicyclic) bond motifs is 3. The number of allylic oxidation sites excluding steroid dienone is 4. The van der Waals surface area contributed by atoms with Crippen LogP contribution in [0.5, 0.6) is 0 Å². The first kappa shape index (κ1) is 35.4. The van der Waals surface area contributed by atoms with E-state index in [9.17, 15) is 0 Å². The van der Waals surface area contributed by atoms with Gasteiger partial charge in [0.2, 0.25) is 0 Å². The molecule has 0 radical (unpaired) electrons. The van der Waals surface area contributed by atoms with Crippen LogP contribution in [0.15, 0.2) is 121 Å². The summed E-state index contributed by atoms with van der Waals surface area (Å²) < 4.78 is 4.92. The Morgan fingerprint density at radius 3 is 1.39 bits per heavy atom. The summed E-state index contributed by atoms with van der Waals surface area (Å²) in [4.78, 5) is 0. The molecule has 0 unspecified atom stereocenters. The highest BCUT2D eigenvalue weighted by molar-refractivity contribution is 5.72. The maximum absolute atomic E-state index is 2.49. The van der Waals surface area contributed by atoms with Gasteiger partial charge in [0.05, 0.1) is 0 Å². The second-order valence-corrected chi connectivity index (χ2v) is 14.7. The summed E-state index contributed by atoms with van der Waals surface area (Å²) >= 11 is 0. The van der Waals surface area contributed by atoms with Gasteiger partial charge in [0.1, 0.15) is 0 Å². The lowest BCUT2D eigenvalue weighted by molar-refractivity contribution is 0.835. The summed E-state index contributed by atoms with van der Waals surface area (Å²) in [5.41, 5.74) is 21.4. The van der Waals surface area contributed by atoms with E-state index in [1.165, 1.54) is 97.9 Å². The minimum absolute atomic E-state index is 0.915. The average molecular weight is 705 g/mol. The van der Waals surface area contributed by atoms with Gasteiger partial charge >= 0.3 is 0 Å². The third-order valence-electron chi connectivity index (χ3n) is 11.4. The predicted octanol–water partition coefficient (Wildman–Crippen LogP) is 13.7. The van der Waals surface area contributed by atoms with Crippen LogP contribution in [0, 0.1) is 0 Å². The van der Waals surface area contributed by atoms with E-state index in [4.69, 9.17) is 0 Å². The molecule has 2 aliphatic rings. The Kier molecular flexibility index (Phi) is 10.4. The summed E-state index contributed by atoms with van der Waals surface area (Å²) in [5.74, 6) is 0. The van der Waals surface area contributed by atoms with Crippen LogP contribution in [0.1, 0.15) is 103 Å². The third-order valence-corrected chi connectivity index (χ3v) is 11.4. The van der Waals surface area contributed by atoms with Gasteiger partial charge in [0.15, 0.2) is 0 Å². The first-order valence-electron chi connectivity index (χ1n) is 20.1. The number of hydrogen-bond acceptors (Lipinski definition) is 0. The zero-order chi connectivity index (χ0) is 37.0. The van der Waals surface area contributed by atoms with Crippen molar-refractivity contribution in [3.8, 4) is 33.6 Å². The largest absolute Gasteiger partial charge is 0.310 e. The van der Waals surface area contributed by atoms with Gasteiger partial charge in [-0.3, -0.25) is 0 Å². The van der Waals surface area contributed by atoms with Gasteiger partial charge in [-0.2, -0.15) is 0 Å². The van der Waals surface area contributed by atoms with E-state index in [0.717, 1.165) is 32.1 Å². The number of rotatable bonds is 10. The molecule has 2 nitrogen and oxygen atoms in total. The second-order valence-electron chi connectivity index (χ2n) is 14.7. The molecule has 270 valence electrons. The van der Waals surface area contributed by atoms with Crippen LogP contribution in [0.4, 0.5) is 0 Å². The molecule has 2 heterocycles. The van der Waals surface area contributed by atoms with Gasteiger partial charge in [0.25, 0.3) is 0 Å². The van der Waals surface area contributed by atoms with E-state index in [2.05, 4.69) is 182 Å². The maximum atomic E-state index is 2.49. The van der Waals surface area contributed by atoms with Crippen LogP contribution in [0.2, 0.25) is 0 Å². The molecule has 0 saturated heterocycles. The van der Waals surface area contributed by atoms with Crippen molar-refractivity contribution < 1.29 is 0 Å². The summed E-state index contributed by atoms with van der Waals surface area (Å²) in [6, 6.07) is 36.5. The highest BCUT2D eigenvalue weighted by Gasteiger charge is 2.23. The summed E-state index contributed by atoms with van der Waals surface area (Å²) in [6.07, 6.45) is 27.1. The third kappa shape index (κ3) is 6.71. The summed E-state index contributed by atoms with van der Waals surface area (Å²) in [5, 5.41) is 0. The molecule has 54 heavy (non-hydrogen) atoms. The molecule has 4 aromatic carbocycles. The fourth-order valence-corrected chi connectivity index (χ4v) is 8.82. The molecule has 0 bridgehead atoms. The molecule has 2 aromatic heterocycles. The van der Waals surface area contributed by atoms with Crippen molar-refractivity contribution >= 4 is 24.3 Å². The molecule has 0 aliphatic heterocycles. The van der Waals surface area contributed by atoms with Gasteiger partial charge < -0.3 is 9.13 Å². The number of nitrogens with zero attached hydrogens (tertiary/aromatic N) is 2. The molecule has 2 aliphatic carbocycles. The molecular weight excluding hydrogens is 653 g/mol. The van der Waals surface area contributed by atoms with Crippen LogP contribution in [-0.4, -0.2) is 9.13 Å². The lowest BCUT2D eigenvalue weighted by atomic mass is 9.97. The maximum Gasteiger partial charge on any atom is 0.0494 e. The van der Waals surface area contributed by atoms with Crippen molar-refractivity contribution in [3.63, 3.8) is 0 Å². The Labute approximate surface area is 322 Å². The zero-order valence-corrected chi connectivity index (χ0v) is 32.4.